The quantitative estimate of drug-likeness (QED) is 0.700. The standard InChI is InChI=1S/C17H11F2N3O2S/c18-14(19)16-21-22-17(25-16)20-15(24)12-9-5-4-8-11(12)13(23)10-6-2-1-3-7-10/h1-9,14H,(H,20,22,24). The van der Waals surface area contributed by atoms with Gasteiger partial charge in [0.1, 0.15) is 0 Å². The Bertz CT molecular complexity index is 913. The lowest BCUT2D eigenvalue weighted by Gasteiger charge is -2.08. The largest absolute Gasteiger partial charge is 0.296 e. The topological polar surface area (TPSA) is 72.0 Å². The van der Waals surface area contributed by atoms with Gasteiger partial charge in [-0.25, -0.2) is 8.78 Å². The molecular formula is C17H11F2N3O2S. The Balaban J connectivity index is 1.87. The second kappa shape index (κ2) is 7.27. The Hall–Kier alpha value is -3.00. The number of nitrogens with one attached hydrogen (secondary N) is 1. The molecule has 126 valence electrons. The first-order chi connectivity index (χ1) is 12.1. The number of amides is 1. The van der Waals surface area contributed by atoms with Crippen molar-refractivity contribution < 1.29 is 18.4 Å². The van der Waals surface area contributed by atoms with E-state index in [0.717, 1.165) is 0 Å². The first-order valence-electron chi connectivity index (χ1n) is 7.18. The summed E-state index contributed by atoms with van der Waals surface area (Å²) < 4.78 is 25.1. The molecule has 0 aliphatic rings. The van der Waals surface area contributed by atoms with Crippen LogP contribution in [0.2, 0.25) is 0 Å². The number of rotatable bonds is 5. The minimum Gasteiger partial charge on any atom is -0.296 e. The summed E-state index contributed by atoms with van der Waals surface area (Å²) in [6.07, 6.45) is -2.75. The van der Waals surface area contributed by atoms with Crippen molar-refractivity contribution in [3.05, 3.63) is 76.3 Å². The molecule has 1 amide bonds. The third-order valence-corrected chi connectivity index (χ3v) is 4.15. The van der Waals surface area contributed by atoms with Crippen LogP contribution in [0.25, 0.3) is 0 Å². The third-order valence-electron chi connectivity index (χ3n) is 3.30. The summed E-state index contributed by atoms with van der Waals surface area (Å²) in [6.45, 7) is 0. The van der Waals surface area contributed by atoms with Gasteiger partial charge in [-0.3, -0.25) is 14.9 Å². The van der Waals surface area contributed by atoms with Crippen LogP contribution in [0.5, 0.6) is 0 Å². The molecule has 5 nitrogen and oxygen atoms in total. The fourth-order valence-corrected chi connectivity index (χ4v) is 2.76. The van der Waals surface area contributed by atoms with Gasteiger partial charge in [0.25, 0.3) is 12.3 Å². The lowest BCUT2D eigenvalue weighted by molar-refractivity contribution is 0.0996. The summed E-state index contributed by atoms with van der Waals surface area (Å²) in [5.74, 6) is -0.922. The molecule has 1 aromatic heterocycles. The van der Waals surface area contributed by atoms with Crippen molar-refractivity contribution in [3.8, 4) is 0 Å². The van der Waals surface area contributed by atoms with Crippen molar-refractivity contribution in [3.63, 3.8) is 0 Å². The highest BCUT2D eigenvalue weighted by Gasteiger charge is 2.20. The number of nitrogens with zero attached hydrogens (tertiary/aromatic N) is 2. The van der Waals surface area contributed by atoms with E-state index in [4.69, 9.17) is 0 Å². The van der Waals surface area contributed by atoms with Crippen molar-refractivity contribution in [2.45, 2.75) is 6.43 Å². The number of ketones is 1. The average molecular weight is 359 g/mol. The van der Waals surface area contributed by atoms with Gasteiger partial charge in [-0.15, -0.1) is 10.2 Å². The SMILES string of the molecule is O=C(Nc1nnc(C(F)F)s1)c1ccccc1C(=O)c1ccccc1. The fraction of sp³-hybridized carbons (Fsp3) is 0.0588. The molecule has 0 spiro atoms. The lowest BCUT2D eigenvalue weighted by Crippen LogP contribution is -2.16. The number of halogens is 2. The van der Waals surface area contributed by atoms with Crippen LogP contribution in [0.1, 0.15) is 37.7 Å². The van der Waals surface area contributed by atoms with Gasteiger partial charge in [0.15, 0.2) is 10.8 Å². The van der Waals surface area contributed by atoms with Crippen LogP contribution in [0.4, 0.5) is 13.9 Å². The molecule has 0 atom stereocenters. The zero-order valence-electron chi connectivity index (χ0n) is 12.6. The summed E-state index contributed by atoms with van der Waals surface area (Å²) in [7, 11) is 0. The molecule has 3 aromatic rings. The first kappa shape index (κ1) is 16.8. The summed E-state index contributed by atoms with van der Waals surface area (Å²) in [5.41, 5.74) is 0.786. The van der Waals surface area contributed by atoms with E-state index in [9.17, 15) is 18.4 Å². The van der Waals surface area contributed by atoms with Crippen LogP contribution >= 0.6 is 11.3 Å². The van der Waals surface area contributed by atoms with E-state index >= 15 is 0 Å². The lowest BCUT2D eigenvalue weighted by atomic mass is 9.98. The predicted octanol–water partition coefficient (Wildman–Crippen LogP) is 3.96. The molecule has 0 aliphatic heterocycles. The molecule has 0 aliphatic carbocycles. The van der Waals surface area contributed by atoms with Crippen LogP contribution in [0.3, 0.4) is 0 Å². The van der Waals surface area contributed by atoms with Crippen LogP contribution in [-0.4, -0.2) is 21.9 Å². The summed E-state index contributed by atoms with van der Waals surface area (Å²) in [6, 6.07) is 14.8. The molecule has 0 saturated carbocycles. The van der Waals surface area contributed by atoms with Gasteiger partial charge in [-0.05, 0) is 6.07 Å². The third kappa shape index (κ3) is 3.74. The molecule has 8 heteroatoms. The van der Waals surface area contributed by atoms with Gasteiger partial charge in [0.2, 0.25) is 5.13 Å². The summed E-state index contributed by atoms with van der Waals surface area (Å²) >= 11 is 0.586. The minimum absolute atomic E-state index is 0.0535. The van der Waals surface area contributed by atoms with E-state index in [-0.39, 0.29) is 22.0 Å². The highest BCUT2D eigenvalue weighted by Crippen LogP contribution is 2.25. The van der Waals surface area contributed by atoms with Gasteiger partial charge in [0, 0.05) is 11.1 Å². The molecule has 25 heavy (non-hydrogen) atoms. The van der Waals surface area contributed by atoms with Crippen LogP contribution in [0.15, 0.2) is 54.6 Å². The number of benzene rings is 2. The highest BCUT2D eigenvalue weighted by atomic mass is 32.1. The van der Waals surface area contributed by atoms with Gasteiger partial charge >= 0.3 is 0 Å². The molecule has 0 radical (unpaired) electrons. The number of carbonyl (C=O) groups excluding carboxylic acids is 2. The van der Waals surface area contributed by atoms with Crippen LogP contribution in [-0.2, 0) is 0 Å². The number of anilines is 1. The predicted molar refractivity (Wildman–Crippen MR) is 89.1 cm³/mol. The van der Waals surface area contributed by atoms with E-state index in [1.54, 1.807) is 42.5 Å². The van der Waals surface area contributed by atoms with Gasteiger partial charge in [-0.1, -0.05) is 59.9 Å². The maximum absolute atomic E-state index is 12.6. The molecule has 0 saturated heterocycles. The normalized spacial score (nSPS) is 10.7. The Morgan fingerprint density at radius 3 is 2.20 bits per heavy atom. The first-order valence-corrected chi connectivity index (χ1v) is 7.99. The second-order valence-electron chi connectivity index (χ2n) is 4.94. The Kier molecular flexibility index (Phi) is 4.90. The van der Waals surface area contributed by atoms with Crippen molar-refractivity contribution >= 4 is 28.2 Å². The zero-order valence-corrected chi connectivity index (χ0v) is 13.5. The fourth-order valence-electron chi connectivity index (χ4n) is 2.16. The number of alkyl halides is 2. The monoisotopic (exact) mass is 359 g/mol. The molecule has 2 aromatic carbocycles. The molecule has 3 rings (SSSR count). The summed E-state index contributed by atoms with van der Waals surface area (Å²) in [5, 5.41) is 8.68. The number of carbonyl (C=O) groups is 2. The van der Waals surface area contributed by atoms with E-state index in [1.807, 2.05) is 0 Å². The highest BCUT2D eigenvalue weighted by molar-refractivity contribution is 7.15. The van der Waals surface area contributed by atoms with Gasteiger partial charge < -0.3 is 0 Å². The van der Waals surface area contributed by atoms with E-state index < -0.39 is 17.3 Å². The van der Waals surface area contributed by atoms with Gasteiger partial charge in [0.05, 0.1) is 5.56 Å². The van der Waals surface area contributed by atoms with Crippen molar-refractivity contribution in [2.24, 2.45) is 0 Å². The number of hydrogen-bond donors (Lipinski definition) is 1. The van der Waals surface area contributed by atoms with E-state index in [0.29, 0.717) is 16.9 Å². The maximum atomic E-state index is 12.6. The van der Waals surface area contributed by atoms with Crippen LogP contribution in [0, 0.1) is 0 Å². The van der Waals surface area contributed by atoms with Gasteiger partial charge in [-0.2, -0.15) is 0 Å². The molecular weight excluding hydrogens is 348 g/mol. The molecule has 1 N–H and O–H groups in total. The molecule has 0 bridgehead atoms. The second-order valence-corrected chi connectivity index (χ2v) is 5.95. The van der Waals surface area contributed by atoms with E-state index in [1.165, 1.54) is 12.1 Å². The number of aromatic nitrogens is 2. The summed E-state index contributed by atoms with van der Waals surface area (Å²) in [4.78, 5) is 25.1. The van der Waals surface area contributed by atoms with Crippen molar-refractivity contribution in [1.29, 1.82) is 0 Å². The Labute approximate surface area is 145 Å². The molecule has 1 heterocycles. The zero-order chi connectivity index (χ0) is 17.8. The van der Waals surface area contributed by atoms with Crippen molar-refractivity contribution in [1.82, 2.24) is 10.2 Å². The molecule has 0 unspecified atom stereocenters. The maximum Gasteiger partial charge on any atom is 0.291 e. The molecule has 0 fully saturated rings. The van der Waals surface area contributed by atoms with Crippen molar-refractivity contribution in [2.75, 3.05) is 5.32 Å². The minimum atomic E-state index is -2.75. The number of hydrogen-bond acceptors (Lipinski definition) is 5. The average Bonchev–Trinajstić information content (AvgIpc) is 3.10. The smallest absolute Gasteiger partial charge is 0.291 e. The Morgan fingerprint density at radius 2 is 1.56 bits per heavy atom. The Morgan fingerprint density at radius 1 is 0.920 bits per heavy atom. The van der Waals surface area contributed by atoms with Crippen LogP contribution < -0.4 is 5.32 Å². The van der Waals surface area contributed by atoms with E-state index in [2.05, 4.69) is 15.5 Å².